The summed E-state index contributed by atoms with van der Waals surface area (Å²) < 4.78 is 24.8. The minimum absolute atomic E-state index is 0.0909. The molecule has 0 radical (unpaired) electrons. The van der Waals surface area contributed by atoms with Gasteiger partial charge in [-0.15, -0.1) is 0 Å². The van der Waals surface area contributed by atoms with Crippen molar-refractivity contribution in [3.05, 3.63) is 95.8 Å². The first-order chi connectivity index (χ1) is 19.1. The van der Waals surface area contributed by atoms with Gasteiger partial charge in [0, 0.05) is 48.7 Å². The zero-order chi connectivity index (χ0) is 26.5. The summed E-state index contributed by atoms with van der Waals surface area (Å²) in [6.45, 7) is 3.18. The van der Waals surface area contributed by atoms with Gasteiger partial charge in [-0.2, -0.15) is 0 Å². The zero-order valence-electron chi connectivity index (χ0n) is 21.3. The minimum atomic E-state index is -0.320. The maximum absolute atomic E-state index is 13.8. The van der Waals surface area contributed by atoms with E-state index in [0.29, 0.717) is 39.2 Å². The van der Waals surface area contributed by atoms with E-state index in [9.17, 15) is 9.18 Å². The summed E-state index contributed by atoms with van der Waals surface area (Å²) >= 11 is 0. The molecule has 0 atom stereocenters. The second-order valence-electron chi connectivity index (χ2n) is 9.73. The number of fused-ring (bicyclic) bond motifs is 2. The summed E-state index contributed by atoms with van der Waals surface area (Å²) in [6.07, 6.45) is 0. The second kappa shape index (κ2) is 9.16. The Balaban J connectivity index is 1.30. The first-order valence-corrected chi connectivity index (χ1v) is 12.9. The van der Waals surface area contributed by atoms with Crippen molar-refractivity contribution >= 4 is 39.4 Å². The van der Waals surface area contributed by atoms with Crippen molar-refractivity contribution in [2.75, 3.05) is 48.4 Å². The fraction of sp³-hybridized carbons (Fsp3) is 0.161. The molecule has 0 bridgehead atoms. The minimum Gasteiger partial charge on any atom is -0.497 e. The molecule has 5 aromatic rings. The summed E-state index contributed by atoms with van der Waals surface area (Å²) in [5, 5.41) is 8.56. The molecule has 1 aromatic heterocycles. The summed E-state index contributed by atoms with van der Waals surface area (Å²) in [4.78, 5) is 18.4. The molecular formula is C31H25FN4O3. The highest BCUT2D eigenvalue weighted by Gasteiger charge is 2.34. The Morgan fingerprint density at radius 2 is 1.59 bits per heavy atom. The standard InChI is InChI=1S/C31H25FN4O3/c1-38-22-12-10-21(11-13-22)35-14-16-36(17-15-35)26-18-25(33-20-8-6-19(32)7-9-20)27-28-29(26)34-39-31(28)24-5-3-2-4-23(24)30(27)37/h2-13,18,33H,14-17H2,1H3. The van der Waals surface area contributed by atoms with Gasteiger partial charge in [-0.3, -0.25) is 4.79 Å². The SMILES string of the molecule is COc1ccc(N2CCN(c3cc(Nc4ccc(F)cc4)c4c5c(onc35)-c3ccccc3C4=O)CC2)cc1. The van der Waals surface area contributed by atoms with Crippen molar-refractivity contribution < 1.29 is 18.4 Å². The topological polar surface area (TPSA) is 70.8 Å². The molecule has 1 aliphatic carbocycles. The molecule has 0 spiro atoms. The molecule has 1 saturated heterocycles. The van der Waals surface area contributed by atoms with Gasteiger partial charge in [0.05, 0.1) is 29.4 Å². The van der Waals surface area contributed by atoms with E-state index >= 15 is 0 Å². The highest BCUT2D eigenvalue weighted by atomic mass is 19.1. The number of piperazine rings is 1. The third-order valence-corrected chi connectivity index (χ3v) is 7.56. The van der Waals surface area contributed by atoms with Gasteiger partial charge in [0.1, 0.15) is 17.1 Å². The third-order valence-electron chi connectivity index (χ3n) is 7.56. The van der Waals surface area contributed by atoms with Gasteiger partial charge in [-0.1, -0.05) is 29.4 Å². The van der Waals surface area contributed by atoms with Gasteiger partial charge in [-0.05, 0) is 54.6 Å². The second-order valence-corrected chi connectivity index (χ2v) is 9.73. The van der Waals surface area contributed by atoms with Crippen LogP contribution in [0.15, 0.2) is 83.4 Å². The lowest BCUT2D eigenvalue weighted by atomic mass is 9.86. The smallest absolute Gasteiger partial charge is 0.196 e. The zero-order valence-corrected chi connectivity index (χ0v) is 21.3. The predicted octanol–water partition coefficient (Wildman–Crippen LogP) is 6.26. The number of ether oxygens (including phenoxy) is 1. The van der Waals surface area contributed by atoms with Crippen molar-refractivity contribution in [2.24, 2.45) is 0 Å². The van der Waals surface area contributed by atoms with Crippen molar-refractivity contribution in [3.8, 4) is 17.1 Å². The van der Waals surface area contributed by atoms with E-state index in [4.69, 9.17) is 9.26 Å². The number of nitrogens with one attached hydrogen (secondary N) is 1. The molecule has 0 saturated carbocycles. The third kappa shape index (κ3) is 3.87. The Morgan fingerprint density at radius 1 is 0.897 bits per heavy atom. The number of anilines is 4. The molecule has 8 heteroatoms. The number of aromatic nitrogens is 1. The number of carbonyl (C=O) groups excluding carboxylic acids is 1. The normalized spacial score (nSPS) is 14.5. The molecule has 0 amide bonds. The Bertz CT molecular complexity index is 1710. The van der Waals surface area contributed by atoms with E-state index in [-0.39, 0.29) is 11.6 Å². The average molecular weight is 521 g/mol. The van der Waals surface area contributed by atoms with Crippen LogP contribution in [-0.2, 0) is 0 Å². The summed E-state index contributed by atoms with van der Waals surface area (Å²) in [6, 6.07) is 23.6. The molecule has 1 N–H and O–H groups in total. The maximum atomic E-state index is 13.8. The average Bonchev–Trinajstić information content (AvgIpc) is 3.43. The lowest BCUT2D eigenvalue weighted by molar-refractivity contribution is 0.104. The molecule has 7 rings (SSSR count). The van der Waals surface area contributed by atoms with Gasteiger partial charge in [0.15, 0.2) is 11.5 Å². The van der Waals surface area contributed by atoms with Gasteiger partial charge < -0.3 is 24.4 Å². The van der Waals surface area contributed by atoms with Crippen LogP contribution in [0.5, 0.6) is 5.75 Å². The molecule has 194 valence electrons. The quantitative estimate of drug-likeness (QED) is 0.288. The molecule has 1 aliphatic heterocycles. The molecular weight excluding hydrogens is 495 g/mol. The Kier molecular flexibility index (Phi) is 5.47. The first-order valence-electron chi connectivity index (χ1n) is 12.9. The van der Waals surface area contributed by atoms with E-state index in [0.717, 1.165) is 48.9 Å². The molecule has 0 unspecified atom stereocenters. The van der Waals surface area contributed by atoms with Crippen molar-refractivity contribution in [1.82, 2.24) is 5.16 Å². The van der Waals surface area contributed by atoms with E-state index in [1.807, 2.05) is 42.5 Å². The van der Waals surface area contributed by atoms with E-state index in [1.165, 1.54) is 12.1 Å². The van der Waals surface area contributed by atoms with Crippen LogP contribution in [0.4, 0.5) is 27.1 Å². The van der Waals surface area contributed by atoms with Crippen LogP contribution in [0.2, 0.25) is 0 Å². The van der Waals surface area contributed by atoms with Gasteiger partial charge in [-0.25, -0.2) is 4.39 Å². The highest BCUT2D eigenvalue weighted by Crippen LogP contribution is 2.46. The number of hydrogen-bond acceptors (Lipinski definition) is 7. The van der Waals surface area contributed by atoms with Crippen molar-refractivity contribution in [1.29, 1.82) is 0 Å². The van der Waals surface area contributed by atoms with Crippen LogP contribution in [0, 0.1) is 5.82 Å². The molecule has 2 aliphatic rings. The number of benzene rings is 4. The van der Waals surface area contributed by atoms with Crippen LogP contribution in [-0.4, -0.2) is 44.2 Å². The van der Waals surface area contributed by atoms with Gasteiger partial charge in [0.25, 0.3) is 0 Å². The van der Waals surface area contributed by atoms with Crippen molar-refractivity contribution in [3.63, 3.8) is 0 Å². The molecule has 7 nitrogen and oxygen atoms in total. The van der Waals surface area contributed by atoms with E-state index < -0.39 is 0 Å². The number of halogens is 1. The number of ketones is 1. The molecule has 2 heterocycles. The number of carbonyl (C=O) groups is 1. The van der Waals surface area contributed by atoms with Crippen LogP contribution in [0.1, 0.15) is 15.9 Å². The molecule has 1 fully saturated rings. The Hall–Kier alpha value is -4.85. The molecule has 4 aromatic carbocycles. The maximum Gasteiger partial charge on any atom is 0.196 e. The summed E-state index contributed by atoms with van der Waals surface area (Å²) in [5.74, 6) is 1.02. The lowest BCUT2D eigenvalue weighted by Gasteiger charge is -2.37. The van der Waals surface area contributed by atoms with Gasteiger partial charge in [0.2, 0.25) is 0 Å². The number of rotatable bonds is 5. The highest BCUT2D eigenvalue weighted by molar-refractivity contribution is 6.28. The largest absolute Gasteiger partial charge is 0.497 e. The van der Waals surface area contributed by atoms with Crippen LogP contribution < -0.4 is 19.9 Å². The summed E-state index contributed by atoms with van der Waals surface area (Å²) in [5.41, 5.74) is 5.88. The number of methoxy groups -OCH3 is 1. The predicted molar refractivity (Wildman–Crippen MR) is 150 cm³/mol. The van der Waals surface area contributed by atoms with Gasteiger partial charge >= 0.3 is 0 Å². The van der Waals surface area contributed by atoms with E-state index in [2.05, 4.69) is 32.4 Å². The number of nitrogens with zero attached hydrogens (tertiary/aromatic N) is 3. The fourth-order valence-electron chi connectivity index (χ4n) is 5.57. The fourth-order valence-corrected chi connectivity index (χ4v) is 5.57. The first kappa shape index (κ1) is 23.3. The van der Waals surface area contributed by atoms with Crippen LogP contribution in [0.25, 0.3) is 22.2 Å². The van der Waals surface area contributed by atoms with E-state index in [1.54, 1.807) is 19.2 Å². The summed E-state index contributed by atoms with van der Waals surface area (Å²) in [7, 11) is 1.67. The monoisotopic (exact) mass is 520 g/mol. The lowest BCUT2D eigenvalue weighted by Crippen LogP contribution is -2.46. The van der Waals surface area contributed by atoms with Crippen LogP contribution in [0.3, 0.4) is 0 Å². The van der Waals surface area contributed by atoms with Crippen molar-refractivity contribution in [2.45, 2.75) is 0 Å². The Labute approximate surface area is 224 Å². The Morgan fingerprint density at radius 3 is 2.31 bits per heavy atom. The number of hydrogen-bond donors (Lipinski definition) is 1. The molecule has 39 heavy (non-hydrogen) atoms. The van der Waals surface area contributed by atoms with Crippen LogP contribution >= 0.6 is 0 Å².